The molecule has 20 heavy (non-hydrogen) atoms. The maximum Gasteiger partial charge on any atom is 0.161 e. The maximum absolute atomic E-state index is 11.8. The van der Waals surface area contributed by atoms with Crippen LogP contribution < -0.4 is 5.32 Å². The van der Waals surface area contributed by atoms with Gasteiger partial charge in [0.25, 0.3) is 0 Å². The molecule has 0 amide bonds. The van der Waals surface area contributed by atoms with Crippen molar-refractivity contribution < 1.29 is 4.79 Å². The first-order valence-electron chi connectivity index (χ1n) is 6.38. The Hall–Kier alpha value is -2.06. The first-order chi connectivity index (χ1) is 9.59. The lowest BCUT2D eigenvalue weighted by Crippen LogP contribution is -2.00. The van der Waals surface area contributed by atoms with Crippen LogP contribution in [0.3, 0.4) is 0 Å². The summed E-state index contributed by atoms with van der Waals surface area (Å²) in [7, 11) is 0. The summed E-state index contributed by atoms with van der Waals surface area (Å²) in [6.45, 7) is 3.50. The number of hydrogen-bond acceptors (Lipinski definition) is 2. The Morgan fingerprint density at radius 1 is 1.10 bits per heavy atom. The molecule has 0 bridgehead atoms. The fourth-order valence-electron chi connectivity index (χ4n) is 1.92. The van der Waals surface area contributed by atoms with Gasteiger partial charge in [0.2, 0.25) is 0 Å². The number of carbonyl (C=O) groups excluding carboxylic acids is 1. The van der Waals surface area contributed by atoms with Crippen LogP contribution in [-0.4, -0.2) is 5.78 Å². The van der Waals surface area contributed by atoms with Gasteiger partial charge in [0.05, 0.1) is 0 Å². The van der Waals surface area contributed by atoms with Crippen LogP contribution in [0.1, 0.15) is 18.1 Å². The average molecular weight is 286 g/mol. The zero-order chi connectivity index (χ0) is 14.5. The number of halogens is 1. The number of allylic oxidation sites excluding steroid dienone is 1. The van der Waals surface area contributed by atoms with E-state index in [2.05, 4.69) is 5.32 Å². The molecular formula is C17H16ClNO. The van der Waals surface area contributed by atoms with Crippen molar-refractivity contribution in [2.24, 2.45) is 0 Å². The van der Waals surface area contributed by atoms with E-state index in [1.807, 2.05) is 55.5 Å². The molecule has 0 saturated heterocycles. The summed E-state index contributed by atoms with van der Waals surface area (Å²) in [5.74, 6) is 0.0170. The molecule has 0 atom stereocenters. The smallest absolute Gasteiger partial charge is 0.161 e. The summed E-state index contributed by atoms with van der Waals surface area (Å²) in [5, 5.41) is 3.87. The van der Waals surface area contributed by atoms with Crippen molar-refractivity contribution in [1.82, 2.24) is 0 Å². The van der Waals surface area contributed by atoms with Crippen molar-refractivity contribution in [2.75, 3.05) is 5.32 Å². The minimum absolute atomic E-state index is 0.0170. The van der Waals surface area contributed by atoms with Gasteiger partial charge in [0, 0.05) is 22.5 Å². The molecule has 0 unspecified atom stereocenters. The van der Waals surface area contributed by atoms with Gasteiger partial charge in [-0.25, -0.2) is 0 Å². The third-order valence-corrected chi connectivity index (χ3v) is 3.51. The van der Waals surface area contributed by atoms with E-state index in [1.54, 1.807) is 13.1 Å². The molecule has 2 aromatic carbocycles. The molecule has 0 aliphatic carbocycles. The Kier molecular flexibility index (Phi) is 4.59. The average Bonchev–Trinajstić information content (AvgIpc) is 2.44. The van der Waals surface area contributed by atoms with E-state index in [4.69, 9.17) is 11.6 Å². The van der Waals surface area contributed by atoms with E-state index in [9.17, 15) is 4.79 Å². The minimum Gasteiger partial charge on any atom is -0.361 e. The number of rotatable bonds is 4. The summed E-state index contributed by atoms with van der Waals surface area (Å²) < 4.78 is 0. The van der Waals surface area contributed by atoms with Crippen LogP contribution in [0.4, 0.5) is 5.69 Å². The topological polar surface area (TPSA) is 29.1 Å². The molecule has 0 aliphatic rings. The molecule has 3 heteroatoms. The van der Waals surface area contributed by atoms with E-state index in [0.717, 1.165) is 16.8 Å². The zero-order valence-corrected chi connectivity index (χ0v) is 12.2. The van der Waals surface area contributed by atoms with Crippen LogP contribution >= 0.6 is 11.6 Å². The van der Waals surface area contributed by atoms with Crippen molar-refractivity contribution in [1.29, 1.82) is 0 Å². The number of hydrogen-bond donors (Lipinski definition) is 1. The molecule has 2 rings (SSSR count). The van der Waals surface area contributed by atoms with Gasteiger partial charge in [-0.05, 0) is 37.1 Å². The molecule has 0 heterocycles. The molecule has 1 N–H and O–H groups in total. The van der Waals surface area contributed by atoms with Crippen LogP contribution in [0.25, 0.3) is 5.57 Å². The van der Waals surface area contributed by atoms with E-state index >= 15 is 0 Å². The first kappa shape index (κ1) is 14.4. The van der Waals surface area contributed by atoms with Crippen LogP contribution in [0.5, 0.6) is 0 Å². The largest absolute Gasteiger partial charge is 0.361 e. The number of Topliss-reactive ketones (excluding diaryl/α,β-unsaturated/α-hetero) is 1. The second-order valence-electron chi connectivity index (χ2n) is 4.54. The minimum atomic E-state index is 0.0170. The van der Waals surface area contributed by atoms with E-state index in [1.165, 1.54) is 0 Å². The highest BCUT2D eigenvalue weighted by Gasteiger charge is 2.07. The van der Waals surface area contributed by atoms with E-state index in [0.29, 0.717) is 10.6 Å². The summed E-state index contributed by atoms with van der Waals surface area (Å²) in [6, 6.07) is 15.2. The highest BCUT2D eigenvalue weighted by atomic mass is 35.5. The highest BCUT2D eigenvalue weighted by Crippen LogP contribution is 2.24. The van der Waals surface area contributed by atoms with Gasteiger partial charge in [0.1, 0.15) is 0 Å². The molecule has 0 radical (unpaired) electrons. The maximum atomic E-state index is 11.8. The predicted octanol–water partition coefficient (Wildman–Crippen LogP) is 4.69. The van der Waals surface area contributed by atoms with Crippen molar-refractivity contribution in [3.63, 3.8) is 0 Å². The second kappa shape index (κ2) is 6.40. The predicted molar refractivity (Wildman–Crippen MR) is 84.9 cm³/mol. The number of benzene rings is 2. The highest BCUT2D eigenvalue weighted by molar-refractivity contribution is 6.31. The standard InChI is InChI=1S/C17H16ClNO/c1-12-16(18)9-6-10-17(12)19-11-15(13(2)20)14-7-4-3-5-8-14/h3-11,19H,1-2H3/b15-11+. The monoisotopic (exact) mass is 285 g/mol. The molecule has 2 aromatic rings. The van der Waals surface area contributed by atoms with Crippen LogP contribution in [0.15, 0.2) is 54.7 Å². The lowest BCUT2D eigenvalue weighted by atomic mass is 10.0. The summed E-state index contributed by atoms with van der Waals surface area (Å²) in [6.07, 6.45) is 1.73. The second-order valence-corrected chi connectivity index (χ2v) is 4.94. The van der Waals surface area contributed by atoms with Gasteiger partial charge in [-0.1, -0.05) is 48.0 Å². The van der Waals surface area contributed by atoms with E-state index < -0.39 is 0 Å². The normalized spacial score (nSPS) is 11.2. The summed E-state index contributed by atoms with van der Waals surface area (Å²) in [5.41, 5.74) is 3.39. The van der Waals surface area contributed by atoms with Gasteiger partial charge in [0.15, 0.2) is 5.78 Å². The molecule has 2 nitrogen and oxygen atoms in total. The molecule has 0 spiro atoms. The van der Waals surface area contributed by atoms with Gasteiger partial charge in [-0.2, -0.15) is 0 Å². The Morgan fingerprint density at radius 3 is 2.45 bits per heavy atom. The SMILES string of the molecule is CC(=O)/C(=C\Nc1cccc(Cl)c1C)c1ccccc1. The van der Waals surface area contributed by atoms with Crippen molar-refractivity contribution >= 4 is 28.6 Å². The Bertz CT molecular complexity index is 647. The zero-order valence-electron chi connectivity index (χ0n) is 11.5. The molecule has 0 aliphatic heterocycles. The Labute approximate surface area is 124 Å². The van der Waals surface area contributed by atoms with Gasteiger partial charge in [-0.15, -0.1) is 0 Å². The number of nitrogens with one attached hydrogen (secondary N) is 1. The Balaban J connectivity index is 2.32. The van der Waals surface area contributed by atoms with Crippen molar-refractivity contribution in [3.8, 4) is 0 Å². The van der Waals surface area contributed by atoms with Gasteiger partial charge in [-0.3, -0.25) is 4.79 Å². The van der Waals surface area contributed by atoms with E-state index in [-0.39, 0.29) is 5.78 Å². The van der Waals surface area contributed by atoms with Crippen molar-refractivity contribution in [2.45, 2.75) is 13.8 Å². The van der Waals surface area contributed by atoms with Crippen LogP contribution in [-0.2, 0) is 4.79 Å². The van der Waals surface area contributed by atoms with Crippen LogP contribution in [0.2, 0.25) is 5.02 Å². The lowest BCUT2D eigenvalue weighted by Gasteiger charge is -2.09. The summed E-state index contributed by atoms with van der Waals surface area (Å²) >= 11 is 6.08. The third kappa shape index (κ3) is 3.28. The van der Waals surface area contributed by atoms with Crippen LogP contribution in [0, 0.1) is 6.92 Å². The Morgan fingerprint density at radius 2 is 1.80 bits per heavy atom. The molecule has 0 saturated carbocycles. The van der Waals surface area contributed by atoms with Gasteiger partial charge < -0.3 is 5.32 Å². The number of carbonyl (C=O) groups is 1. The summed E-state index contributed by atoms with van der Waals surface area (Å²) in [4.78, 5) is 11.8. The van der Waals surface area contributed by atoms with Crippen molar-refractivity contribution in [3.05, 3.63) is 70.9 Å². The molecule has 0 fully saturated rings. The molecule has 0 aromatic heterocycles. The first-order valence-corrected chi connectivity index (χ1v) is 6.75. The third-order valence-electron chi connectivity index (χ3n) is 3.10. The fourth-order valence-corrected chi connectivity index (χ4v) is 2.09. The molecule has 102 valence electrons. The fraction of sp³-hybridized carbons (Fsp3) is 0.118. The molecular weight excluding hydrogens is 270 g/mol. The quantitative estimate of drug-likeness (QED) is 0.826. The number of anilines is 1. The number of ketones is 1. The lowest BCUT2D eigenvalue weighted by molar-refractivity contribution is -0.111. The van der Waals surface area contributed by atoms with Gasteiger partial charge >= 0.3 is 0 Å².